The van der Waals surface area contributed by atoms with Crippen LogP contribution < -0.4 is 0 Å². The average Bonchev–Trinajstić information content (AvgIpc) is 3.28. The molecule has 0 aromatic heterocycles. The SMILES string of the molecule is CCCCC/C=C/C/C=C/C/C=C/C/C=C/CCCCCC(=O)O[C@@H](COC(=O)CCCCCCCCCCCCCCCCCCCCC)CO[C@H]1O[C@@H](CO)[C@@H](O)C(O)C1O. The van der Waals surface area contributed by atoms with Crippen LogP contribution in [0.15, 0.2) is 48.6 Å². The molecule has 1 heterocycles. The molecule has 0 aliphatic carbocycles. The van der Waals surface area contributed by atoms with E-state index in [-0.39, 0.29) is 32.0 Å². The van der Waals surface area contributed by atoms with Gasteiger partial charge in [-0.3, -0.25) is 9.59 Å². The lowest BCUT2D eigenvalue weighted by atomic mass is 9.99. The summed E-state index contributed by atoms with van der Waals surface area (Å²) in [5.74, 6) is -0.835. The van der Waals surface area contributed by atoms with Crippen molar-refractivity contribution in [2.24, 2.45) is 0 Å². The Hall–Kier alpha value is -2.34. The van der Waals surface area contributed by atoms with E-state index < -0.39 is 49.4 Å². The minimum Gasteiger partial charge on any atom is -0.462 e. The molecule has 0 radical (unpaired) electrons. The minimum atomic E-state index is -1.60. The largest absolute Gasteiger partial charge is 0.462 e. The van der Waals surface area contributed by atoms with Gasteiger partial charge in [0.15, 0.2) is 12.4 Å². The van der Waals surface area contributed by atoms with Crippen LogP contribution in [0.25, 0.3) is 0 Å². The summed E-state index contributed by atoms with van der Waals surface area (Å²) < 4.78 is 22.2. The Labute approximate surface area is 384 Å². The number of ether oxygens (including phenoxy) is 4. The van der Waals surface area contributed by atoms with Crippen LogP contribution in [0.1, 0.15) is 219 Å². The van der Waals surface area contributed by atoms with E-state index in [1.54, 1.807) is 0 Å². The van der Waals surface area contributed by atoms with Gasteiger partial charge in [-0.2, -0.15) is 0 Å². The number of rotatable bonds is 43. The van der Waals surface area contributed by atoms with Gasteiger partial charge in [-0.1, -0.05) is 197 Å². The zero-order valence-corrected chi connectivity index (χ0v) is 40.1. The van der Waals surface area contributed by atoms with Gasteiger partial charge in [-0.05, 0) is 57.8 Å². The van der Waals surface area contributed by atoms with E-state index in [1.807, 2.05) is 0 Å². The number of allylic oxidation sites excluding steroid dienone is 8. The van der Waals surface area contributed by atoms with Crippen molar-refractivity contribution in [2.45, 2.75) is 256 Å². The summed E-state index contributed by atoms with van der Waals surface area (Å²) in [6.45, 7) is 3.39. The summed E-state index contributed by atoms with van der Waals surface area (Å²) in [5, 5.41) is 40.2. The Morgan fingerprint density at radius 2 is 0.889 bits per heavy atom. The first-order valence-electron chi connectivity index (χ1n) is 25.7. The molecule has 6 atom stereocenters. The maximum Gasteiger partial charge on any atom is 0.306 e. The Balaban J connectivity index is 2.29. The van der Waals surface area contributed by atoms with Crippen LogP contribution in [0.2, 0.25) is 0 Å². The Morgan fingerprint density at radius 1 is 0.492 bits per heavy atom. The summed E-state index contributed by atoms with van der Waals surface area (Å²) in [6.07, 6.45) is 45.4. The van der Waals surface area contributed by atoms with Crippen LogP contribution in [-0.2, 0) is 28.5 Å². The third kappa shape index (κ3) is 34.6. The lowest BCUT2D eigenvalue weighted by Crippen LogP contribution is -2.59. The molecule has 4 N–H and O–H groups in total. The molecule has 0 bridgehead atoms. The number of carbonyl (C=O) groups excluding carboxylic acids is 2. The van der Waals surface area contributed by atoms with Crippen LogP contribution in [0.3, 0.4) is 0 Å². The first-order valence-corrected chi connectivity index (χ1v) is 25.7. The quantitative estimate of drug-likeness (QED) is 0.0264. The third-order valence-corrected chi connectivity index (χ3v) is 11.7. The number of aliphatic hydroxyl groups is 4. The second-order valence-corrected chi connectivity index (χ2v) is 17.6. The molecule has 10 heteroatoms. The first-order chi connectivity index (χ1) is 30.8. The number of hydrogen-bond acceptors (Lipinski definition) is 10. The zero-order valence-electron chi connectivity index (χ0n) is 40.1. The molecular formula is C53H94O10. The zero-order chi connectivity index (χ0) is 45.9. The van der Waals surface area contributed by atoms with E-state index in [1.165, 1.54) is 128 Å². The molecule has 1 aliphatic heterocycles. The fraction of sp³-hybridized carbons (Fsp3) is 0.811. The number of esters is 2. The number of carbonyl (C=O) groups is 2. The van der Waals surface area contributed by atoms with Gasteiger partial charge in [-0.25, -0.2) is 0 Å². The summed E-state index contributed by atoms with van der Waals surface area (Å²) in [7, 11) is 0. The highest BCUT2D eigenvalue weighted by molar-refractivity contribution is 5.70. The van der Waals surface area contributed by atoms with Crippen LogP contribution in [0.5, 0.6) is 0 Å². The van der Waals surface area contributed by atoms with E-state index in [0.29, 0.717) is 6.42 Å². The van der Waals surface area contributed by atoms with E-state index in [2.05, 4.69) is 62.5 Å². The molecule has 1 rings (SSSR count). The highest BCUT2D eigenvalue weighted by Crippen LogP contribution is 2.23. The molecule has 1 saturated heterocycles. The minimum absolute atomic E-state index is 0.193. The van der Waals surface area contributed by atoms with Crippen molar-refractivity contribution < 1.29 is 49.0 Å². The van der Waals surface area contributed by atoms with E-state index in [4.69, 9.17) is 18.9 Å². The predicted octanol–water partition coefficient (Wildman–Crippen LogP) is 12.0. The van der Waals surface area contributed by atoms with Crippen molar-refractivity contribution in [3.63, 3.8) is 0 Å². The van der Waals surface area contributed by atoms with Gasteiger partial charge in [0.25, 0.3) is 0 Å². The maximum absolute atomic E-state index is 12.8. The molecule has 0 spiro atoms. The fourth-order valence-corrected chi connectivity index (χ4v) is 7.64. The molecule has 0 aromatic carbocycles. The van der Waals surface area contributed by atoms with Gasteiger partial charge in [-0.15, -0.1) is 0 Å². The van der Waals surface area contributed by atoms with Gasteiger partial charge in [0, 0.05) is 12.8 Å². The van der Waals surface area contributed by atoms with E-state index in [0.717, 1.165) is 57.8 Å². The van der Waals surface area contributed by atoms with Crippen molar-refractivity contribution in [3.05, 3.63) is 48.6 Å². The van der Waals surface area contributed by atoms with Crippen LogP contribution >= 0.6 is 0 Å². The summed E-state index contributed by atoms with van der Waals surface area (Å²) in [4.78, 5) is 25.4. The van der Waals surface area contributed by atoms with E-state index in [9.17, 15) is 30.0 Å². The molecule has 1 aliphatic rings. The number of unbranched alkanes of at least 4 members (excludes halogenated alkanes) is 24. The van der Waals surface area contributed by atoms with Crippen LogP contribution in [0.4, 0.5) is 0 Å². The Kier molecular flexibility index (Phi) is 40.6. The highest BCUT2D eigenvalue weighted by Gasteiger charge is 2.44. The predicted molar refractivity (Wildman–Crippen MR) is 256 cm³/mol. The molecule has 2 unspecified atom stereocenters. The maximum atomic E-state index is 12.8. The summed E-state index contributed by atoms with van der Waals surface area (Å²) in [5.41, 5.74) is 0. The smallest absolute Gasteiger partial charge is 0.306 e. The Bertz CT molecular complexity index is 1170. The van der Waals surface area contributed by atoms with Crippen molar-refractivity contribution in [2.75, 3.05) is 19.8 Å². The molecule has 0 aromatic rings. The van der Waals surface area contributed by atoms with Crippen molar-refractivity contribution >= 4 is 11.9 Å². The van der Waals surface area contributed by atoms with Gasteiger partial charge < -0.3 is 39.4 Å². The van der Waals surface area contributed by atoms with Crippen molar-refractivity contribution in [3.8, 4) is 0 Å². The van der Waals surface area contributed by atoms with Crippen LogP contribution in [0, 0.1) is 0 Å². The lowest BCUT2D eigenvalue weighted by Gasteiger charge is -2.39. The molecule has 10 nitrogen and oxygen atoms in total. The van der Waals surface area contributed by atoms with Gasteiger partial charge >= 0.3 is 11.9 Å². The van der Waals surface area contributed by atoms with Crippen molar-refractivity contribution in [1.82, 2.24) is 0 Å². The highest BCUT2D eigenvalue weighted by atomic mass is 16.7. The molecule has 0 saturated carbocycles. The van der Waals surface area contributed by atoms with Gasteiger partial charge in [0.05, 0.1) is 13.2 Å². The third-order valence-electron chi connectivity index (χ3n) is 11.7. The monoisotopic (exact) mass is 891 g/mol. The van der Waals surface area contributed by atoms with Crippen molar-refractivity contribution in [1.29, 1.82) is 0 Å². The summed E-state index contributed by atoms with van der Waals surface area (Å²) in [6, 6.07) is 0. The molecular weight excluding hydrogens is 797 g/mol. The molecule has 63 heavy (non-hydrogen) atoms. The summed E-state index contributed by atoms with van der Waals surface area (Å²) >= 11 is 0. The topological polar surface area (TPSA) is 152 Å². The molecule has 366 valence electrons. The standard InChI is InChI=1S/C53H94O10/c1-3-5-7-9-11-13-15-17-19-21-23-25-27-29-31-33-35-37-39-41-48(55)60-44-46(45-61-53-52(59)51(58)50(57)47(43-54)63-53)62-49(56)42-40-38-36-34-32-30-28-26-24-22-20-18-16-14-12-10-8-6-4-2/h12,14,18,20,24,26,30,32,46-47,50-54,57-59H,3-11,13,15-17,19,21-23,25,27-29,31,33-45H2,1-2H3/b14-12+,20-18+,26-24+,32-30+/t46-,47-,50+,51?,52?,53-/m0/s1. The van der Waals surface area contributed by atoms with E-state index >= 15 is 0 Å². The lowest BCUT2D eigenvalue weighted by molar-refractivity contribution is -0.305. The fourth-order valence-electron chi connectivity index (χ4n) is 7.64. The molecule has 1 fully saturated rings. The second kappa shape index (κ2) is 43.5. The van der Waals surface area contributed by atoms with Crippen LogP contribution in [-0.4, -0.2) is 89.0 Å². The van der Waals surface area contributed by atoms with Gasteiger partial charge in [0.2, 0.25) is 0 Å². The average molecular weight is 891 g/mol. The van der Waals surface area contributed by atoms with Gasteiger partial charge in [0.1, 0.15) is 31.0 Å². The number of hydrogen-bond donors (Lipinski definition) is 4. The molecule has 0 amide bonds. The second-order valence-electron chi connectivity index (χ2n) is 17.6. The number of aliphatic hydroxyl groups excluding tert-OH is 4. The first kappa shape index (κ1) is 58.7. The Morgan fingerprint density at radius 3 is 1.37 bits per heavy atom. The normalized spacial score (nSPS) is 19.9.